The number of benzene rings is 2. The predicted octanol–water partition coefficient (Wildman–Crippen LogP) is 4.08. The average Bonchev–Trinajstić information content (AvgIpc) is 2.65. The molecular weight excluding hydrogens is 372 g/mol. The highest BCUT2D eigenvalue weighted by molar-refractivity contribution is 7.91. The lowest BCUT2D eigenvalue weighted by atomic mass is 10.2. The smallest absolute Gasteiger partial charge is 0.211 e. The normalized spacial score (nSPS) is 11.9. The summed E-state index contributed by atoms with van der Waals surface area (Å²) < 4.78 is 54.9. The SMILES string of the molecule is CCCn1cc(S(=O)(=O)c2ccc(CC)cc2)c(=O)c2cc(F)c(F)cc21. The van der Waals surface area contributed by atoms with Crippen molar-refractivity contribution in [1.82, 2.24) is 4.57 Å². The van der Waals surface area contributed by atoms with E-state index in [4.69, 9.17) is 0 Å². The third kappa shape index (κ3) is 3.39. The Bertz CT molecular complexity index is 1170. The molecule has 0 radical (unpaired) electrons. The van der Waals surface area contributed by atoms with E-state index in [1.807, 2.05) is 13.8 Å². The van der Waals surface area contributed by atoms with Crippen molar-refractivity contribution in [3.63, 3.8) is 0 Å². The summed E-state index contributed by atoms with van der Waals surface area (Å²) in [5.74, 6) is -2.28. The molecule has 0 aliphatic carbocycles. The first-order chi connectivity index (χ1) is 12.8. The molecule has 0 bridgehead atoms. The van der Waals surface area contributed by atoms with E-state index in [1.165, 1.54) is 22.9 Å². The van der Waals surface area contributed by atoms with Gasteiger partial charge < -0.3 is 4.57 Å². The van der Waals surface area contributed by atoms with Gasteiger partial charge in [0, 0.05) is 18.8 Å². The second kappa shape index (κ2) is 7.23. The van der Waals surface area contributed by atoms with E-state index in [2.05, 4.69) is 0 Å². The zero-order chi connectivity index (χ0) is 19.8. The third-order valence-corrected chi connectivity index (χ3v) is 6.25. The zero-order valence-electron chi connectivity index (χ0n) is 15.0. The van der Waals surface area contributed by atoms with E-state index >= 15 is 0 Å². The molecule has 0 atom stereocenters. The topological polar surface area (TPSA) is 56.1 Å². The number of aromatic nitrogens is 1. The molecule has 142 valence electrons. The Kier molecular flexibility index (Phi) is 5.15. The van der Waals surface area contributed by atoms with E-state index in [-0.39, 0.29) is 15.8 Å². The Balaban J connectivity index is 2.31. The molecule has 1 aromatic heterocycles. The Labute approximate surface area is 156 Å². The minimum atomic E-state index is -4.10. The Morgan fingerprint density at radius 2 is 1.63 bits per heavy atom. The number of hydrogen-bond acceptors (Lipinski definition) is 3. The molecule has 3 aromatic rings. The van der Waals surface area contributed by atoms with Crippen molar-refractivity contribution in [2.45, 2.75) is 43.0 Å². The molecule has 0 amide bonds. The van der Waals surface area contributed by atoms with E-state index in [0.29, 0.717) is 13.0 Å². The molecular formula is C20H19F2NO3S. The summed E-state index contributed by atoms with van der Waals surface area (Å²) in [6.07, 6.45) is 2.60. The minimum Gasteiger partial charge on any atom is -0.346 e. The van der Waals surface area contributed by atoms with Gasteiger partial charge in [0.25, 0.3) is 0 Å². The lowest BCUT2D eigenvalue weighted by molar-refractivity contribution is 0.509. The summed E-state index contributed by atoms with van der Waals surface area (Å²) >= 11 is 0. The zero-order valence-corrected chi connectivity index (χ0v) is 15.8. The molecule has 0 aliphatic heterocycles. The molecule has 0 unspecified atom stereocenters. The van der Waals surface area contributed by atoms with Gasteiger partial charge in [0.15, 0.2) is 11.6 Å². The molecule has 0 aliphatic rings. The van der Waals surface area contributed by atoms with Gasteiger partial charge in [0.1, 0.15) is 4.90 Å². The standard InChI is InChI=1S/C20H19F2NO3S/c1-3-9-23-12-19(20(24)15-10-16(21)17(22)11-18(15)23)27(25,26)14-7-5-13(4-2)6-8-14/h5-8,10-12H,3-4,9H2,1-2H3. The van der Waals surface area contributed by atoms with Crippen LogP contribution in [-0.4, -0.2) is 13.0 Å². The van der Waals surface area contributed by atoms with Gasteiger partial charge in [-0.1, -0.05) is 26.0 Å². The van der Waals surface area contributed by atoms with E-state index in [0.717, 1.165) is 24.1 Å². The highest BCUT2D eigenvalue weighted by Gasteiger charge is 2.24. The van der Waals surface area contributed by atoms with Crippen molar-refractivity contribution in [1.29, 1.82) is 0 Å². The predicted molar refractivity (Wildman–Crippen MR) is 99.7 cm³/mol. The van der Waals surface area contributed by atoms with Crippen LogP contribution >= 0.6 is 0 Å². The van der Waals surface area contributed by atoms with E-state index in [9.17, 15) is 22.0 Å². The monoisotopic (exact) mass is 391 g/mol. The van der Waals surface area contributed by atoms with Gasteiger partial charge in [-0.3, -0.25) is 4.79 Å². The van der Waals surface area contributed by atoms with Crippen LogP contribution in [0.1, 0.15) is 25.8 Å². The largest absolute Gasteiger partial charge is 0.346 e. The summed E-state index contributed by atoms with van der Waals surface area (Å²) in [4.78, 5) is 12.4. The summed E-state index contributed by atoms with van der Waals surface area (Å²) in [5.41, 5.74) is 0.297. The van der Waals surface area contributed by atoms with Crippen LogP contribution in [0.5, 0.6) is 0 Å². The number of halogens is 2. The van der Waals surface area contributed by atoms with Crippen molar-refractivity contribution < 1.29 is 17.2 Å². The molecule has 27 heavy (non-hydrogen) atoms. The number of pyridine rings is 1. The van der Waals surface area contributed by atoms with Gasteiger partial charge in [-0.05, 0) is 36.6 Å². The van der Waals surface area contributed by atoms with Crippen molar-refractivity contribution in [3.05, 3.63) is 70.0 Å². The van der Waals surface area contributed by atoms with Crippen molar-refractivity contribution in [2.75, 3.05) is 0 Å². The molecule has 2 aromatic carbocycles. The Morgan fingerprint density at radius 1 is 1.00 bits per heavy atom. The maximum absolute atomic E-state index is 13.7. The maximum atomic E-state index is 13.7. The lowest BCUT2D eigenvalue weighted by Gasteiger charge is -2.13. The molecule has 0 N–H and O–H groups in total. The average molecular weight is 391 g/mol. The van der Waals surface area contributed by atoms with Crippen molar-refractivity contribution in [3.8, 4) is 0 Å². The molecule has 3 rings (SSSR count). The maximum Gasteiger partial charge on any atom is 0.211 e. The quantitative estimate of drug-likeness (QED) is 0.658. The van der Waals surface area contributed by atoms with Crippen LogP contribution in [-0.2, 0) is 22.8 Å². The van der Waals surface area contributed by atoms with Crippen molar-refractivity contribution >= 4 is 20.7 Å². The van der Waals surface area contributed by atoms with Crippen LogP contribution in [0.25, 0.3) is 10.9 Å². The van der Waals surface area contributed by atoms with Gasteiger partial charge in [-0.2, -0.15) is 0 Å². The summed E-state index contributed by atoms with van der Waals surface area (Å²) in [7, 11) is -4.10. The van der Waals surface area contributed by atoms with Gasteiger partial charge in [0.2, 0.25) is 15.3 Å². The molecule has 0 fully saturated rings. The van der Waals surface area contributed by atoms with Crippen LogP contribution in [0.3, 0.4) is 0 Å². The fourth-order valence-corrected chi connectivity index (χ4v) is 4.38. The van der Waals surface area contributed by atoms with Crippen LogP contribution in [0.2, 0.25) is 0 Å². The number of nitrogens with zero attached hydrogens (tertiary/aromatic N) is 1. The van der Waals surface area contributed by atoms with Gasteiger partial charge in [-0.25, -0.2) is 17.2 Å². The highest BCUT2D eigenvalue weighted by atomic mass is 32.2. The van der Waals surface area contributed by atoms with E-state index < -0.39 is 31.8 Å². The summed E-state index contributed by atoms with van der Waals surface area (Å²) in [5, 5.41) is -0.159. The van der Waals surface area contributed by atoms with Crippen LogP contribution < -0.4 is 5.43 Å². The van der Waals surface area contributed by atoms with Gasteiger partial charge in [0.05, 0.1) is 15.8 Å². The molecule has 0 saturated carbocycles. The van der Waals surface area contributed by atoms with Crippen LogP contribution in [0.15, 0.2) is 57.2 Å². The molecule has 0 saturated heterocycles. The minimum absolute atomic E-state index is 0.0122. The highest BCUT2D eigenvalue weighted by Crippen LogP contribution is 2.23. The third-order valence-electron chi connectivity index (χ3n) is 4.49. The second-order valence-electron chi connectivity index (χ2n) is 6.30. The molecule has 7 heteroatoms. The van der Waals surface area contributed by atoms with Crippen molar-refractivity contribution in [2.24, 2.45) is 0 Å². The van der Waals surface area contributed by atoms with Gasteiger partial charge in [-0.15, -0.1) is 0 Å². The molecule has 4 nitrogen and oxygen atoms in total. The first-order valence-corrected chi connectivity index (χ1v) is 10.1. The second-order valence-corrected chi connectivity index (χ2v) is 8.22. The number of rotatable bonds is 5. The lowest BCUT2D eigenvalue weighted by Crippen LogP contribution is -2.20. The first-order valence-electron chi connectivity index (χ1n) is 8.65. The van der Waals surface area contributed by atoms with Gasteiger partial charge >= 0.3 is 0 Å². The fraction of sp³-hybridized carbons (Fsp3) is 0.250. The van der Waals surface area contributed by atoms with Crippen LogP contribution in [0.4, 0.5) is 8.78 Å². The summed E-state index contributed by atoms with van der Waals surface area (Å²) in [6.45, 7) is 4.17. The Morgan fingerprint density at radius 3 is 2.22 bits per heavy atom. The number of sulfone groups is 1. The molecule has 1 heterocycles. The first kappa shape index (κ1) is 19.2. The number of aryl methyl sites for hydroxylation is 2. The fourth-order valence-electron chi connectivity index (χ4n) is 3.01. The number of hydrogen-bond donors (Lipinski definition) is 0. The number of fused-ring (bicyclic) bond motifs is 1. The summed E-state index contributed by atoms with van der Waals surface area (Å²) in [6, 6.07) is 7.97. The van der Waals surface area contributed by atoms with Crippen LogP contribution in [0, 0.1) is 11.6 Å². The van der Waals surface area contributed by atoms with E-state index in [1.54, 1.807) is 12.1 Å². The Hall–Kier alpha value is -2.54. The molecule has 0 spiro atoms.